The Hall–Kier alpha value is -2.43. The molecular weight excluding hydrogens is 280 g/mol. The first-order valence-corrected chi connectivity index (χ1v) is 7.41. The molecule has 1 aromatic heterocycles. The number of Topliss-reactive ketones (excluding diaryl/α,β-unsaturated/α-hetero) is 1. The Morgan fingerprint density at radius 1 is 1.27 bits per heavy atom. The molecule has 2 aromatic rings. The molecule has 1 atom stereocenters. The molecule has 0 fully saturated rings. The fourth-order valence-corrected chi connectivity index (χ4v) is 2.40. The van der Waals surface area contributed by atoms with E-state index in [1.54, 1.807) is 25.3 Å². The molecule has 22 heavy (non-hydrogen) atoms. The van der Waals surface area contributed by atoms with E-state index >= 15 is 0 Å². The largest absolute Gasteiger partial charge is 0.481 e. The van der Waals surface area contributed by atoms with E-state index in [2.05, 4.69) is 11.9 Å². The van der Waals surface area contributed by atoms with E-state index in [0.717, 1.165) is 24.4 Å². The Labute approximate surface area is 129 Å². The fraction of sp³-hybridized carbons (Fsp3) is 0.353. The third-order valence-corrected chi connectivity index (χ3v) is 3.55. The van der Waals surface area contributed by atoms with Crippen LogP contribution in [0.2, 0.25) is 0 Å². The van der Waals surface area contributed by atoms with E-state index in [1.165, 1.54) is 0 Å². The highest BCUT2D eigenvalue weighted by atomic mass is 16.4. The number of aliphatic carboxylic acids is 1. The minimum absolute atomic E-state index is 0.145. The number of rotatable bonds is 7. The number of aryl methyl sites for hydroxylation is 1. The Bertz CT molecular complexity index is 659. The Morgan fingerprint density at radius 3 is 2.55 bits per heavy atom. The second kappa shape index (κ2) is 7.02. The van der Waals surface area contributed by atoms with Crippen LogP contribution in [-0.2, 0) is 11.2 Å². The van der Waals surface area contributed by atoms with Gasteiger partial charge in [-0.15, -0.1) is 0 Å². The minimum atomic E-state index is -0.958. The van der Waals surface area contributed by atoms with Crippen LogP contribution >= 0.6 is 0 Å². The van der Waals surface area contributed by atoms with Crippen LogP contribution in [0.15, 0.2) is 36.7 Å². The number of aromatic nitrogens is 2. The van der Waals surface area contributed by atoms with Crippen LogP contribution in [0.3, 0.4) is 0 Å². The Balaban J connectivity index is 2.18. The van der Waals surface area contributed by atoms with Gasteiger partial charge in [0, 0.05) is 36.0 Å². The van der Waals surface area contributed by atoms with Crippen molar-refractivity contribution in [3.8, 4) is 5.69 Å². The first kappa shape index (κ1) is 15.9. The molecule has 0 saturated heterocycles. The van der Waals surface area contributed by atoms with E-state index in [4.69, 9.17) is 5.11 Å². The summed E-state index contributed by atoms with van der Waals surface area (Å²) in [7, 11) is 0. The van der Waals surface area contributed by atoms with E-state index in [1.807, 2.05) is 22.9 Å². The van der Waals surface area contributed by atoms with Crippen molar-refractivity contribution in [3.05, 3.63) is 48.0 Å². The summed E-state index contributed by atoms with van der Waals surface area (Å²) in [5, 5.41) is 8.77. The fourth-order valence-electron chi connectivity index (χ4n) is 2.40. The lowest BCUT2D eigenvalue weighted by atomic mass is 9.96. The smallest absolute Gasteiger partial charge is 0.304 e. The summed E-state index contributed by atoms with van der Waals surface area (Å²) in [4.78, 5) is 27.2. The van der Waals surface area contributed by atoms with Gasteiger partial charge in [-0.2, -0.15) is 0 Å². The summed E-state index contributed by atoms with van der Waals surface area (Å²) in [6.45, 7) is 3.74. The van der Waals surface area contributed by atoms with Crippen LogP contribution in [0.5, 0.6) is 0 Å². The summed E-state index contributed by atoms with van der Waals surface area (Å²) in [5.41, 5.74) is 1.48. The number of benzene rings is 1. The quantitative estimate of drug-likeness (QED) is 0.797. The number of nitrogens with zero attached hydrogens (tertiary/aromatic N) is 2. The van der Waals surface area contributed by atoms with E-state index < -0.39 is 11.9 Å². The van der Waals surface area contributed by atoms with Crippen LogP contribution in [0.25, 0.3) is 5.69 Å². The molecule has 0 aliphatic carbocycles. The van der Waals surface area contributed by atoms with Crippen LogP contribution < -0.4 is 0 Å². The molecular formula is C17H20N2O3. The third-order valence-electron chi connectivity index (χ3n) is 3.55. The molecule has 116 valence electrons. The van der Waals surface area contributed by atoms with Crippen molar-refractivity contribution in [2.75, 3.05) is 0 Å². The molecule has 2 rings (SSSR count). The van der Waals surface area contributed by atoms with Crippen LogP contribution in [0.1, 0.15) is 42.9 Å². The first-order valence-electron chi connectivity index (χ1n) is 7.41. The molecule has 1 heterocycles. The zero-order valence-electron chi connectivity index (χ0n) is 12.8. The maximum absolute atomic E-state index is 12.2. The van der Waals surface area contributed by atoms with Crippen molar-refractivity contribution in [2.45, 2.75) is 33.1 Å². The molecule has 1 N–H and O–H groups in total. The number of hydrogen-bond donors (Lipinski definition) is 1. The number of carbonyl (C=O) groups excluding carboxylic acids is 1. The van der Waals surface area contributed by atoms with Gasteiger partial charge in [0.15, 0.2) is 5.78 Å². The lowest BCUT2D eigenvalue weighted by Crippen LogP contribution is -2.15. The summed E-state index contributed by atoms with van der Waals surface area (Å²) >= 11 is 0. The molecule has 5 heteroatoms. The average Bonchev–Trinajstić information content (AvgIpc) is 2.94. The summed E-state index contributed by atoms with van der Waals surface area (Å²) in [6.07, 6.45) is 5.42. The van der Waals surface area contributed by atoms with Crippen molar-refractivity contribution in [1.82, 2.24) is 9.55 Å². The van der Waals surface area contributed by atoms with E-state index in [9.17, 15) is 9.59 Å². The zero-order chi connectivity index (χ0) is 16.1. The molecule has 1 aromatic carbocycles. The summed E-state index contributed by atoms with van der Waals surface area (Å²) in [5.74, 6) is -0.637. The minimum Gasteiger partial charge on any atom is -0.481 e. The highest BCUT2D eigenvalue weighted by Gasteiger charge is 2.18. The van der Waals surface area contributed by atoms with E-state index in [-0.39, 0.29) is 12.2 Å². The molecule has 0 amide bonds. The van der Waals surface area contributed by atoms with Crippen molar-refractivity contribution in [1.29, 1.82) is 0 Å². The molecule has 5 nitrogen and oxygen atoms in total. The van der Waals surface area contributed by atoms with Gasteiger partial charge >= 0.3 is 5.97 Å². The maximum Gasteiger partial charge on any atom is 0.304 e. The predicted molar refractivity (Wildman–Crippen MR) is 83.3 cm³/mol. The number of carboxylic acid groups (broad SMARTS) is 1. The molecule has 1 unspecified atom stereocenters. The SMILES string of the molecule is CCCc1nccn1-c1ccc(C(=O)C(C)CC(=O)O)cc1. The predicted octanol–water partition coefficient (Wildman–Crippen LogP) is 3.12. The number of hydrogen-bond acceptors (Lipinski definition) is 3. The van der Waals surface area contributed by atoms with Crippen LogP contribution in [0, 0.1) is 5.92 Å². The van der Waals surface area contributed by atoms with Gasteiger partial charge in [-0.25, -0.2) is 4.98 Å². The standard InChI is InChI=1S/C17H20N2O3/c1-3-4-15-18-9-10-19(15)14-7-5-13(6-8-14)17(22)12(2)11-16(20)21/h5-10,12H,3-4,11H2,1-2H3,(H,20,21). The Kier molecular flexibility index (Phi) is 5.09. The lowest BCUT2D eigenvalue weighted by molar-refractivity contribution is -0.137. The summed E-state index contributed by atoms with van der Waals surface area (Å²) in [6, 6.07) is 7.21. The monoisotopic (exact) mass is 300 g/mol. The van der Waals surface area contributed by atoms with Gasteiger partial charge in [0.1, 0.15) is 5.82 Å². The average molecular weight is 300 g/mol. The number of carbonyl (C=O) groups is 2. The Morgan fingerprint density at radius 2 is 1.95 bits per heavy atom. The zero-order valence-corrected chi connectivity index (χ0v) is 12.8. The highest BCUT2D eigenvalue weighted by molar-refractivity contribution is 5.99. The van der Waals surface area contributed by atoms with Crippen molar-refractivity contribution in [2.24, 2.45) is 5.92 Å². The molecule has 0 radical (unpaired) electrons. The van der Waals surface area contributed by atoms with Crippen molar-refractivity contribution in [3.63, 3.8) is 0 Å². The van der Waals surface area contributed by atoms with Gasteiger partial charge < -0.3 is 9.67 Å². The number of carboxylic acids is 1. The first-order chi connectivity index (χ1) is 10.5. The summed E-state index contributed by atoms with van der Waals surface area (Å²) < 4.78 is 2.00. The number of imidazole rings is 1. The van der Waals surface area contributed by atoms with Crippen LogP contribution in [-0.4, -0.2) is 26.4 Å². The highest BCUT2D eigenvalue weighted by Crippen LogP contribution is 2.17. The van der Waals surface area contributed by atoms with E-state index in [0.29, 0.717) is 5.56 Å². The molecule has 0 bridgehead atoms. The van der Waals surface area contributed by atoms with Gasteiger partial charge in [0.25, 0.3) is 0 Å². The normalized spacial score (nSPS) is 12.1. The molecule has 0 aliphatic rings. The molecule has 0 saturated carbocycles. The lowest BCUT2D eigenvalue weighted by Gasteiger charge is -2.10. The second-order valence-electron chi connectivity index (χ2n) is 5.37. The van der Waals surface area contributed by atoms with Crippen molar-refractivity contribution >= 4 is 11.8 Å². The molecule has 0 aliphatic heterocycles. The number of ketones is 1. The topological polar surface area (TPSA) is 72.2 Å². The third kappa shape index (κ3) is 3.61. The molecule has 0 spiro atoms. The van der Waals surface area contributed by atoms with Crippen molar-refractivity contribution < 1.29 is 14.7 Å². The van der Waals surface area contributed by atoms with Gasteiger partial charge in [0.05, 0.1) is 6.42 Å². The van der Waals surface area contributed by atoms with Crippen LogP contribution in [0.4, 0.5) is 0 Å². The van der Waals surface area contributed by atoms with Gasteiger partial charge in [-0.05, 0) is 30.7 Å². The van der Waals surface area contributed by atoms with Gasteiger partial charge in [-0.1, -0.05) is 13.8 Å². The second-order valence-corrected chi connectivity index (χ2v) is 5.37. The maximum atomic E-state index is 12.2. The van der Waals surface area contributed by atoms with Gasteiger partial charge in [0.2, 0.25) is 0 Å². The van der Waals surface area contributed by atoms with Gasteiger partial charge in [-0.3, -0.25) is 9.59 Å².